The molecule has 1 saturated heterocycles. The molecule has 3 aliphatic rings. The van der Waals surface area contributed by atoms with Crippen molar-refractivity contribution >= 4 is 0 Å². The third-order valence-corrected chi connectivity index (χ3v) is 5.20. The van der Waals surface area contributed by atoms with Crippen LogP contribution in [0.5, 0.6) is 0 Å². The summed E-state index contributed by atoms with van der Waals surface area (Å²) in [6.07, 6.45) is 7.24. The number of hydrogen-bond donors (Lipinski definition) is 1. The maximum atomic E-state index is 3.51. The van der Waals surface area contributed by atoms with E-state index in [-0.39, 0.29) is 0 Å². The molecule has 2 saturated carbocycles. The van der Waals surface area contributed by atoms with Gasteiger partial charge in [0.25, 0.3) is 0 Å². The van der Waals surface area contributed by atoms with Crippen molar-refractivity contribution in [3.05, 3.63) is 0 Å². The molecule has 3 heteroatoms. The van der Waals surface area contributed by atoms with E-state index in [1.54, 1.807) is 0 Å². The Hall–Kier alpha value is -0.120. The fraction of sp³-hybridized carbons (Fsp3) is 1.00. The minimum Gasteiger partial charge on any atom is -0.317 e. The summed E-state index contributed by atoms with van der Waals surface area (Å²) < 4.78 is 0. The molecule has 104 valence electrons. The lowest BCUT2D eigenvalue weighted by atomic mass is 10.0. The van der Waals surface area contributed by atoms with E-state index in [0.29, 0.717) is 0 Å². The van der Waals surface area contributed by atoms with Crippen LogP contribution in [-0.4, -0.2) is 62.2 Å². The van der Waals surface area contributed by atoms with Crippen LogP contribution in [0.25, 0.3) is 0 Å². The summed E-state index contributed by atoms with van der Waals surface area (Å²) in [7, 11) is 2.14. The van der Waals surface area contributed by atoms with Gasteiger partial charge in [0.2, 0.25) is 0 Å². The first-order valence-corrected chi connectivity index (χ1v) is 7.97. The molecule has 1 heterocycles. The van der Waals surface area contributed by atoms with E-state index in [4.69, 9.17) is 0 Å². The third kappa shape index (κ3) is 3.25. The fourth-order valence-electron chi connectivity index (χ4n) is 3.79. The number of hydrogen-bond acceptors (Lipinski definition) is 3. The molecule has 1 aliphatic heterocycles. The highest BCUT2D eigenvalue weighted by Crippen LogP contribution is 2.30. The molecule has 1 N–H and O–H groups in total. The van der Waals surface area contributed by atoms with E-state index < -0.39 is 0 Å². The largest absolute Gasteiger partial charge is 0.317 e. The summed E-state index contributed by atoms with van der Waals surface area (Å²) >= 11 is 0. The zero-order valence-corrected chi connectivity index (χ0v) is 11.9. The van der Waals surface area contributed by atoms with Gasteiger partial charge in [-0.3, -0.25) is 0 Å². The molecule has 2 aliphatic carbocycles. The molecule has 0 bridgehead atoms. The summed E-state index contributed by atoms with van der Waals surface area (Å²) in [4.78, 5) is 5.40. The van der Waals surface area contributed by atoms with Gasteiger partial charge >= 0.3 is 0 Å². The maximum absolute atomic E-state index is 3.51. The molecule has 0 spiro atoms. The van der Waals surface area contributed by atoms with Crippen LogP contribution in [0.4, 0.5) is 0 Å². The van der Waals surface area contributed by atoms with Crippen LogP contribution in [0.1, 0.15) is 32.1 Å². The lowest BCUT2D eigenvalue weighted by molar-refractivity contribution is 0.111. The zero-order valence-electron chi connectivity index (χ0n) is 11.9. The van der Waals surface area contributed by atoms with Crippen molar-refractivity contribution in [3.8, 4) is 0 Å². The summed E-state index contributed by atoms with van der Waals surface area (Å²) in [6.45, 7) is 7.96. The molecule has 0 amide bonds. The lowest BCUT2D eigenvalue weighted by Gasteiger charge is -2.37. The van der Waals surface area contributed by atoms with Gasteiger partial charge in [-0.25, -0.2) is 0 Å². The highest BCUT2D eigenvalue weighted by Gasteiger charge is 2.30. The minimum absolute atomic E-state index is 0.787. The van der Waals surface area contributed by atoms with E-state index >= 15 is 0 Å². The van der Waals surface area contributed by atoms with E-state index in [1.165, 1.54) is 71.4 Å². The van der Waals surface area contributed by atoms with Gasteiger partial charge in [-0.15, -0.1) is 0 Å². The Labute approximate surface area is 112 Å². The van der Waals surface area contributed by atoms with Gasteiger partial charge in [0, 0.05) is 45.3 Å². The molecular formula is C15H29N3. The molecule has 0 aromatic carbocycles. The number of nitrogens with one attached hydrogen (secondary N) is 1. The van der Waals surface area contributed by atoms with Gasteiger partial charge in [0.05, 0.1) is 0 Å². The predicted molar refractivity (Wildman–Crippen MR) is 75.8 cm³/mol. The molecule has 0 aromatic heterocycles. The summed E-state index contributed by atoms with van der Waals surface area (Å²) in [5, 5.41) is 3.51. The van der Waals surface area contributed by atoms with Crippen LogP contribution in [-0.2, 0) is 0 Å². The van der Waals surface area contributed by atoms with Crippen LogP contribution in [0.15, 0.2) is 0 Å². The second-order valence-electron chi connectivity index (χ2n) is 6.63. The van der Waals surface area contributed by atoms with Crippen molar-refractivity contribution in [2.75, 3.05) is 46.3 Å². The number of nitrogens with zero attached hydrogens (tertiary/aromatic N) is 2. The van der Waals surface area contributed by atoms with E-state index in [0.717, 1.165) is 17.9 Å². The Morgan fingerprint density at radius 2 is 1.56 bits per heavy atom. The molecule has 0 radical (unpaired) electrons. The van der Waals surface area contributed by atoms with Crippen LogP contribution < -0.4 is 5.32 Å². The third-order valence-electron chi connectivity index (χ3n) is 5.20. The number of piperazine rings is 1. The average molecular weight is 251 g/mol. The van der Waals surface area contributed by atoms with Crippen molar-refractivity contribution in [2.45, 2.75) is 38.1 Å². The van der Waals surface area contributed by atoms with Crippen LogP contribution in [0.3, 0.4) is 0 Å². The van der Waals surface area contributed by atoms with Crippen molar-refractivity contribution < 1.29 is 0 Å². The van der Waals surface area contributed by atoms with Crippen molar-refractivity contribution in [1.82, 2.24) is 15.1 Å². The van der Waals surface area contributed by atoms with Gasteiger partial charge in [-0.2, -0.15) is 0 Å². The predicted octanol–water partition coefficient (Wildman–Crippen LogP) is 1.40. The van der Waals surface area contributed by atoms with E-state index in [2.05, 4.69) is 22.2 Å². The molecule has 2 atom stereocenters. The monoisotopic (exact) mass is 251 g/mol. The van der Waals surface area contributed by atoms with Gasteiger partial charge in [-0.05, 0) is 44.6 Å². The quantitative estimate of drug-likeness (QED) is 0.797. The highest BCUT2D eigenvalue weighted by atomic mass is 15.3. The molecule has 0 aromatic rings. The molecule has 18 heavy (non-hydrogen) atoms. The SMILES string of the molecule is CNC1CCCC1CN1CCN(CC2CC2)CC1. The fourth-order valence-corrected chi connectivity index (χ4v) is 3.79. The highest BCUT2D eigenvalue weighted by molar-refractivity contribution is 4.86. The Morgan fingerprint density at radius 3 is 2.17 bits per heavy atom. The van der Waals surface area contributed by atoms with Gasteiger partial charge in [-0.1, -0.05) is 6.42 Å². The second kappa shape index (κ2) is 5.89. The van der Waals surface area contributed by atoms with Gasteiger partial charge < -0.3 is 15.1 Å². The first-order valence-electron chi connectivity index (χ1n) is 7.97. The van der Waals surface area contributed by atoms with Crippen molar-refractivity contribution in [1.29, 1.82) is 0 Å². The van der Waals surface area contributed by atoms with Gasteiger partial charge in [0.1, 0.15) is 0 Å². The lowest BCUT2D eigenvalue weighted by Crippen LogP contribution is -2.49. The molecule has 3 fully saturated rings. The standard InChI is InChI=1S/C15H29N3/c1-16-15-4-2-3-14(15)12-18-9-7-17(8-10-18)11-13-5-6-13/h13-16H,2-12H2,1H3. The van der Waals surface area contributed by atoms with Crippen LogP contribution >= 0.6 is 0 Å². The first kappa shape index (κ1) is 12.9. The Balaban J connectivity index is 1.39. The molecule has 2 unspecified atom stereocenters. The number of rotatable bonds is 5. The first-order chi connectivity index (χ1) is 8.85. The topological polar surface area (TPSA) is 18.5 Å². The van der Waals surface area contributed by atoms with Crippen LogP contribution in [0.2, 0.25) is 0 Å². The summed E-state index contributed by atoms with van der Waals surface area (Å²) in [5.41, 5.74) is 0. The van der Waals surface area contributed by atoms with Crippen molar-refractivity contribution in [2.24, 2.45) is 11.8 Å². The van der Waals surface area contributed by atoms with Crippen LogP contribution in [0, 0.1) is 11.8 Å². The van der Waals surface area contributed by atoms with E-state index in [1.807, 2.05) is 0 Å². The van der Waals surface area contributed by atoms with E-state index in [9.17, 15) is 0 Å². The zero-order chi connectivity index (χ0) is 12.4. The van der Waals surface area contributed by atoms with Crippen molar-refractivity contribution in [3.63, 3.8) is 0 Å². The Bertz CT molecular complexity index is 256. The summed E-state index contributed by atoms with van der Waals surface area (Å²) in [6, 6.07) is 0.787. The minimum atomic E-state index is 0.787. The second-order valence-corrected chi connectivity index (χ2v) is 6.63. The van der Waals surface area contributed by atoms with Gasteiger partial charge in [0.15, 0.2) is 0 Å². The maximum Gasteiger partial charge on any atom is 0.0110 e. The molecular weight excluding hydrogens is 222 g/mol. The Morgan fingerprint density at radius 1 is 0.889 bits per heavy atom. The smallest absolute Gasteiger partial charge is 0.0110 e. The molecule has 3 rings (SSSR count). The average Bonchev–Trinajstić information content (AvgIpc) is 3.09. The Kier molecular flexibility index (Phi) is 4.22. The normalized spacial score (nSPS) is 35.2. The summed E-state index contributed by atoms with van der Waals surface area (Å²) in [5.74, 6) is 1.96. The molecule has 3 nitrogen and oxygen atoms in total.